The number of carbonyl (C=O) groups is 2. The number of esters is 2. The molecule has 0 N–H and O–H groups in total. The summed E-state index contributed by atoms with van der Waals surface area (Å²) in [7, 11) is 7.38. The van der Waals surface area contributed by atoms with Gasteiger partial charge in [-0.15, -0.1) is 0 Å². The Labute approximate surface area is 280 Å². The molecule has 14 heteroatoms. The molecule has 2 aliphatic rings. The number of cyclic esters (lactones) is 1. The molecule has 12 nitrogen and oxygen atoms in total. The SMILES string of the molecule is COc1cc2cc(c1OC)OCCC[C@H](OC(=O)Cc1ccc(OC)c(OC)c1OC)CCN1CCN(CCCOC2=O)CC(F)(F)C1. The van der Waals surface area contributed by atoms with Crippen molar-refractivity contribution >= 4 is 11.9 Å². The summed E-state index contributed by atoms with van der Waals surface area (Å²) in [6.07, 6.45) is 0.891. The molecule has 1 fully saturated rings. The lowest BCUT2D eigenvalue weighted by Gasteiger charge is -2.26. The Bertz CT molecular complexity index is 1390. The first kappa shape index (κ1) is 36.8. The predicted octanol–water partition coefficient (Wildman–Crippen LogP) is 4.25. The molecule has 4 rings (SSSR count). The van der Waals surface area contributed by atoms with E-state index in [1.54, 1.807) is 21.9 Å². The van der Waals surface area contributed by atoms with Crippen molar-refractivity contribution in [2.75, 3.05) is 88.0 Å². The Balaban J connectivity index is 1.55. The van der Waals surface area contributed by atoms with Crippen LogP contribution in [-0.2, 0) is 20.7 Å². The average Bonchev–Trinajstić information content (AvgIpc) is 3.22. The van der Waals surface area contributed by atoms with E-state index in [0.29, 0.717) is 91.9 Å². The monoisotopic (exact) mass is 680 g/mol. The second kappa shape index (κ2) is 17.4. The Morgan fingerprint density at radius 2 is 1.46 bits per heavy atom. The minimum Gasteiger partial charge on any atom is -0.493 e. The average molecular weight is 681 g/mol. The van der Waals surface area contributed by atoms with Gasteiger partial charge in [0.25, 0.3) is 5.92 Å². The van der Waals surface area contributed by atoms with Crippen LogP contribution in [0.3, 0.4) is 0 Å². The van der Waals surface area contributed by atoms with Crippen molar-refractivity contribution in [3.8, 4) is 34.5 Å². The zero-order chi connectivity index (χ0) is 34.7. The number of methoxy groups -OCH3 is 5. The molecule has 2 heterocycles. The number of hydrogen-bond acceptors (Lipinski definition) is 12. The van der Waals surface area contributed by atoms with Crippen LogP contribution in [0.15, 0.2) is 24.3 Å². The van der Waals surface area contributed by atoms with Crippen LogP contribution in [0.4, 0.5) is 8.78 Å². The Hall–Kier alpha value is -4.04. The Kier molecular flexibility index (Phi) is 13.3. The third kappa shape index (κ3) is 9.75. The van der Waals surface area contributed by atoms with Gasteiger partial charge >= 0.3 is 11.9 Å². The molecule has 4 bridgehead atoms. The van der Waals surface area contributed by atoms with Gasteiger partial charge in [0.05, 0.1) is 73.8 Å². The summed E-state index contributed by atoms with van der Waals surface area (Å²) in [6, 6.07) is 6.41. The Morgan fingerprint density at radius 1 is 0.792 bits per heavy atom. The number of halogens is 2. The molecule has 0 aromatic heterocycles. The molecule has 0 amide bonds. The minimum absolute atomic E-state index is 0.0668. The number of ether oxygens (including phenoxy) is 8. The predicted molar refractivity (Wildman–Crippen MR) is 171 cm³/mol. The molecule has 48 heavy (non-hydrogen) atoms. The van der Waals surface area contributed by atoms with E-state index in [0.717, 1.165) is 0 Å². The largest absolute Gasteiger partial charge is 0.493 e. The first-order valence-corrected chi connectivity index (χ1v) is 16.0. The molecule has 3 atom stereocenters. The normalized spacial score (nSPS) is 22.0. The summed E-state index contributed by atoms with van der Waals surface area (Å²) >= 11 is 0. The van der Waals surface area contributed by atoms with Crippen LogP contribution in [0.25, 0.3) is 0 Å². The fourth-order valence-corrected chi connectivity index (χ4v) is 5.99. The summed E-state index contributed by atoms with van der Waals surface area (Å²) in [6.45, 7) is 0.974. The van der Waals surface area contributed by atoms with Crippen molar-refractivity contribution in [3.63, 3.8) is 0 Å². The molecule has 2 unspecified atom stereocenters. The highest BCUT2D eigenvalue weighted by atomic mass is 19.3. The number of hydrogen-bond donors (Lipinski definition) is 0. The summed E-state index contributed by atoms with van der Waals surface area (Å²) in [5, 5.41) is 0. The van der Waals surface area contributed by atoms with Gasteiger partial charge in [0.15, 0.2) is 23.0 Å². The van der Waals surface area contributed by atoms with E-state index < -0.39 is 30.5 Å². The van der Waals surface area contributed by atoms with E-state index in [1.807, 2.05) is 0 Å². The molecule has 1 saturated heterocycles. The van der Waals surface area contributed by atoms with Crippen molar-refractivity contribution in [1.29, 1.82) is 0 Å². The topological polar surface area (TPSA) is 114 Å². The first-order valence-electron chi connectivity index (χ1n) is 16.0. The standard InChI is InChI=1S/C34H46F2N2O10/c1-41-26-10-9-23(30(43-3)32(26)45-5)20-29(39)48-25-8-6-16-46-28-19-24(18-27(42-2)31(28)44-4)33(40)47-17-7-12-37-14-15-38(13-11-25)22-34(35,36)21-37/h9-10,18-19,25H,6-8,11-17,20-22H2,1-5H3/t25-/m0/s1. The van der Waals surface area contributed by atoms with Crippen LogP contribution >= 0.6 is 0 Å². The van der Waals surface area contributed by atoms with Crippen LogP contribution in [0.2, 0.25) is 0 Å². The number of fused-ring (bicyclic) bond motifs is 5. The molecule has 2 aliphatic heterocycles. The van der Waals surface area contributed by atoms with Gasteiger partial charge in [0, 0.05) is 31.7 Å². The van der Waals surface area contributed by atoms with Gasteiger partial charge in [-0.25, -0.2) is 13.6 Å². The van der Waals surface area contributed by atoms with Gasteiger partial charge in [0.2, 0.25) is 11.5 Å². The zero-order valence-corrected chi connectivity index (χ0v) is 28.3. The minimum atomic E-state index is -2.94. The molecule has 0 radical (unpaired) electrons. The summed E-state index contributed by atoms with van der Waals surface area (Å²) in [4.78, 5) is 29.6. The van der Waals surface area contributed by atoms with Crippen LogP contribution in [0, 0.1) is 0 Å². The van der Waals surface area contributed by atoms with Crippen molar-refractivity contribution in [3.05, 3.63) is 35.4 Å². The number of carbonyl (C=O) groups excluding carboxylic acids is 2. The molecule has 0 spiro atoms. The van der Waals surface area contributed by atoms with E-state index in [9.17, 15) is 9.59 Å². The quantitative estimate of drug-likeness (QED) is 0.372. The van der Waals surface area contributed by atoms with Crippen molar-refractivity contribution < 1.29 is 56.3 Å². The van der Waals surface area contributed by atoms with E-state index in [-0.39, 0.29) is 31.7 Å². The third-order valence-electron chi connectivity index (χ3n) is 8.29. The first-order chi connectivity index (χ1) is 23.1. The fourth-order valence-electron chi connectivity index (χ4n) is 5.99. The maximum atomic E-state index is 15.0. The molecule has 0 saturated carbocycles. The molecule has 2 aromatic rings. The van der Waals surface area contributed by atoms with Gasteiger partial charge in [-0.05, 0) is 43.9 Å². The highest BCUT2D eigenvalue weighted by Crippen LogP contribution is 2.41. The maximum absolute atomic E-state index is 15.0. The van der Waals surface area contributed by atoms with Gasteiger partial charge < -0.3 is 37.9 Å². The lowest BCUT2D eigenvalue weighted by atomic mass is 10.1. The maximum Gasteiger partial charge on any atom is 0.338 e. The smallest absolute Gasteiger partial charge is 0.338 e. The number of nitrogens with zero attached hydrogens (tertiary/aromatic N) is 2. The van der Waals surface area contributed by atoms with E-state index in [2.05, 4.69) is 0 Å². The number of benzene rings is 2. The lowest BCUT2D eigenvalue weighted by Crippen LogP contribution is -2.40. The van der Waals surface area contributed by atoms with Crippen molar-refractivity contribution in [1.82, 2.24) is 9.80 Å². The Morgan fingerprint density at radius 3 is 2.12 bits per heavy atom. The summed E-state index contributed by atoms with van der Waals surface area (Å²) in [5.74, 6) is -1.96. The highest BCUT2D eigenvalue weighted by molar-refractivity contribution is 5.91. The fraction of sp³-hybridized carbons (Fsp3) is 0.588. The molecule has 2 aromatic carbocycles. The second-order valence-corrected chi connectivity index (χ2v) is 11.7. The zero-order valence-electron chi connectivity index (χ0n) is 28.3. The van der Waals surface area contributed by atoms with Crippen LogP contribution in [0.5, 0.6) is 34.5 Å². The van der Waals surface area contributed by atoms with Crippen LogP contribution in [-0.4, -0.2) is 122 Å². The molecular formula is C34H46F2N2O10. The van der Waals surface area contributed by atoms with E-state index in [1.165, 1.54) is 47.7 Å². The third-order valence-corrected chi connectivity index (χ3v) is 8.29. The van der Waals surface area contributed by atoms with Crippen molar-refractivity contribution in [2.45, 2.75) is 44.1 Å². The van der Waals surface area contributed by atoms with Gasteiger partial charge in [-0.2, -0.15) is 0 Å². The van der Waals surface area contributed by atoms with E-state index in [4.69, 9.17) is 37.9 Å². The molecular weight excluding hydrogens is 634 g/mol. The lowest BCUT2D eigenvalue weighted by molar-refractivity contribution is -0.149. The summed E-state index contributed by atoms with van der Waals surface area (Å²) in [5.41, 5.74) is 0.751. The second-order valence-electron chi connectivity index (χ2n) is 11.7. The van der Waals surface area contributed by atoms with Gasteiger partial charge in [-0.1, -0.05) is 6.07 Å². The van der Waals surface area contributed by atoms with Gasteiger partial charge in [0.1, 0.15) is 6.10 Å². The van der Waals surface area contributed by atoms with Crippen molar-refractivity contribution in [2.24, 2.45) is 0 Å². The number of rotatable bonds is 8. The van der Waals surface area contributed by atoms with Crippen LogP contribution < -0.4 is 28.4 Å². The highest BCUT2D eigenvalue weighted by Gasteiger charge is 2.37. The molecule has 266 valence electrons. The number of alkyl halides is 2. The summed E-state index contributed by atoms with van der Waals surface area (Å²) < 4.78 is 74.7. The van der Waals surface area contributed by atoms with E-state index >= 15 is 8.78 Å². The van der Waals surface area contributed by atoms with Gasteiger partial charge in [-0.3, -0.25) is 14.6 Å². The van der Waals surface area contributed by atoms with Crippen LogP contribution in [0.1, 0.15) is 41.6 Å². The molecule has 0 aliphatic carbocycles.